The zero-order chi connectivity index (χ0) is 19.3. The smallest absolute Gasteiger partial charge is 0.247 e. The summed E-state index contributed by atoms with van der Waals surface area (Å²) in [7, 11) is 0. The van der Waals surface area contributed by atoms with Crippen LogP contribution < -0.4 is 5.32 Å². The molecule has 0 aromatic heterocycles. The lowest BCUT2D eigenvalue weighted by molar-refractivity contribution is -0.142. The van der Waals surface area contributed by atoms with Crippen molar-refractivity contribution < 1.29 is 14.0 Å². The van der Waals surface area contributed by atoms with Crippen molar-refractivity contribution in [2.24, 2.45) is 11.8 Å². The number of nitrogens with zero attached hydrogens (tertiary/aromatic N) is 1. The van der Waals surface area contributed by atoms with E-state index < -0.39 is 6.04 Å². The third-order valence-electron chi connectivity index (χ3n) is 4.46. The Morgan fingerprint density at radius 3 is 2.38 bits per heavy atom. The van der Waals surface area contributed by atoms with E-state index >= 15 is 0 Å². The first-order valence-corrected chi connectivity index (χ1v) is 9.31. The number of nitrogens with one attached hydrogen (secondary N) is 1. The van der Waals surface area contributed by atoms with Crippen molar-refractivity contribution in [1.29, 1.82) is 0 Å². The van der Waals surface area contributed by atoms with Crippen LogP contribution in [0.5, 0.6) is 0 Å². The van der Waals surface area contributed by atoms with Crippen LogP contribution in [0.15, 0.2) is 30.3 Å². The van der Waals surface area contributed by atoms with Crippen LogP contribution in [0.3, 0.4) is 0 Å². The normalized spacial score (nSPS) is 20.9. The number of hydrogen-bond donors (Lipinski definition) is 1. The molecule has 1 aromatic rings. The predicted octanol–water partition coefficient (Wildman–Crippen LogP) is 3.63. The Hall–Kier alpha value is -2.17. The molecule has 0 saturated carbocycles. The van der Waals surface area contributed by atoms with Crippen LogP contribution in [0, 0.1) is 17.7 Å². The van der Waals surface area contributed by atoms with Crippen LogP contribution >= 0.6 is 0 Å². The van der Waals surface area contributed by atoms with Crippen molar-refractivity contribution in [2.45, 2.75) is 52.6 Å². The highest BCUT2D eigenvalue weighted by Gasteiger charge is 2.36. The van der Waals surface area contributed by atoms with E-state index in [4.69, 9.17) is 0 Å². The molecule has 26 heavy (non-hydrogen) atoms. The third-order valence-corrected chi connectivity index (χ3v) is 4.46. The average molecular weight is 360 g/mol. The molecule has 1 saturated heterocycles. The van der Waals surface area contributed by atoms with Gasteiger partial charge in [-0.25, -0.2) is 4.39 Å². The van der Waals surface area contributed by atoms with E-state index in [0.29, 0.717) is 24.8 Å². The lowest BCUT2D eigenvalue weighted by Crippen LogP contribution is -2.61. The number of carbonyl (C=O) groups excluding carboxylic acids is 2. The van der Waals surface area contributed by atoms with Gasteiger partial charge in [0.05, 0.1) is 0 Å². The number of halogens is 1. The van der Waals surface area contributed by atoms with Gasteiger partial charge in [0.25, 0.3) is 0 Å². The maximum Gasteiger partial charge on any atom is 0.247 e. The Balaban J connectivity index is 2.16. The maximum atomic E-state index is 13.0. The second-order valence-electron chi connectivity index (χ2n) is 7.86. The molecule has 1 N–H and O–H groups in total. The van der Waals surface area contributed by atoms with Gasteiger partial charge in [-0.3, -0.25) is 9.59 Å². The highest BCUT2D eigenvalue weighted by Crippen LogP contribution is 2.20. The second-order valence-corrected chi connectivity index (χ2v) is 7.86. The highest BCUT2D eigenvalue weighted by molar-refractivity contribution is 5.96. The molecule has 2 rings (SSSR count). The van der Waals surface area contributed by atoms with E-state index in [1.54, 1.807) is 23.1 Å². The Labute approximate surface area is 155 Å². The molecule has 0 aliphatic carbocycles. The Bertz CT molecular complexity index is 652. The standard InChI is InChI=1S/C21H29FN2O2/c1-14(2)11-18-13-24(19(12-15(3)4)21(26)23-18)20(25)10-7-16-5-8-17(22)9-6-16/h5-10,14-15,18-19H,11-13H2,1-4H3,(H,23,26)/b10-7+/t18-,19-/m0/s1. The molecule has 1 aromatic carbocycles. The lowest BCUT2D eigenvalue weighted by Gasteiger charge is -2.40. The molecule has 1 fully saturated rings. The van der Waals surface area contributed by atoms with Gasteiger partial charge in [-0.15, -0.1) is 0 Å². The van der Waals surface area contributed by atoms with Crippen LogP contribution in [0.25, 0.3) is 6.08 Å². The SMILES string of the molecule is CC(C)C[C@H]1CN(C(=O)/C=C/c2ccc(F)cc2)[C@@H](CC(C)C)C(=O)N1. The fourth-order valence-corrected chi connectivity index (χ4v) is 3.31. The summed E-state index contributed by atoms with van der Waals surface area (Å²) >= 11 is 0. The van der Waals surface area contributed by atoms with Crippen molar-refractivity contribution in [3.63, 3.8) is 0 Å². The maximum absolute atomic E-state index is 13.0. The van der Waals surface area contributed by atoms with Crippen LogP contribution in [0.4, 0.5) is 4.39 Å². The van der Waals surface area contributed by atoms with Gasteiger partial charge >= 0.3 is 0 Å². The van der Waals surface area contributed by atoms with Gasteiger partial charge < -0.3 is 10.2 Å². The number of amides is 2. The molecule has 1 aliphatic rings. The lowest BCUT2D eigenvalue weighted by atomic mass is 9.95. The summed E-state index contributed by atoms with van der Waals surface area (Å²) in [6.07, 6.45) is 4.62. The molecule has 2 atom stereocenters. The third kappa shape index (κ3) is 5.68. The predicted molar refractivity (Wildman–Crippen MR) is 102 cm³/mol. The van der Waals surface area contributed by atoms with E-state index in [2.05, 4.69) is 19.2 Å². The number of rotatable bonds is 6. The number of hydrogen-bond acceptors (Lipinski definition) is 2. The van der Waals surface area contributed by atoms with E-state index in [9.17, 15) is 14.0 Å². The zero-order valence-electron chi connectivity index (χ0n) is 16.0. The average Bonchev–Trinajstić information content (AvgIpc) is 2.55. The summed E-state index contributed by atoms with van der Waals surface area (Å²) < 4.78 is 13.0. The molecule has 0 radical (unpaired) electrons. The second kappa shape index (κ2) is 8.97. The fourth-order valence-electron chi connectivity index (χ4n) is 3.31. The van der Waals surface area contributed by atoms with Gasteiger partial charge in [-0.1, -0.05) is 39.8 Å². The largest absolute Gasteiger partial charge is 0.350 e. The van der Waals surface area contributed by atoms with Gasteiger partial charge in [0.1, 0.15) is 11.9 Å². The Morgan fingerprint density at radius 1 is 1.19 bits per heavy atom. The highest BCUT2D eigenvalue weighted by atomic mass is 19.1. The first kappa shape index (κ1) is 20.1. The monoisotopic (exact) mass is 360 g/mol. The minimum Gasteiger partial charge on any atom is -0.350 e. The van der Waals surface area contributed by atoms with Crippen molar-refractivity contribution in [3.8, 4) is 0 Å². The number of benzene rings is 1. The summed E-state index contributed by atoms with van der Waals surface area (Å²) in [4.78, 5) is 27.1. The van der Waals surface area contributed by atoms with Crippen molar-refractivity contribution in [2.75, 3.05) is 6.54 Å². The minimum atomic E-state index is -0.441. The van der Waals surface area contributed by atoms with E-state index in [1.807, 2.05) is 13.8 Å². The number of piperazine rings is 1. The topological polar surface area (TPSA) is 49.4 Å². The first-order valence-electron chi connectivity index (χ1n) is 9.31. The summed E-state index contributed by atoms with van der Waals surface area (Å²) in [6, 6.07) is 5.50. The summed E-state index contributed by atoms with van der Waals surface area (Å²) in [5, 5.41) is 3.07. The molecule has 1 aliphatic heterocycles. The summed E-state index contributed by atoms with van der Waals surface area (Å²) in [5.74, 6) is 0.190. The van der Waals surface area contributed by atoms with Crippen molar-refractivity contribution in [3.05, 3.63) is 41.7 Å². The van der Waals surface area contributed by atoms with Crippen molar-refractivity contribution in [1.82, 2.24) is 10.2 Å². The molecule has 0 unspecified atom stereocenters. The van der Waals surface area contributed by atoms with Gasteiger partial charge in [0.15, 0.2) is 0 Å². The van der Waals surface area contributed by atoms with Gasteiger partial charge in [-0.2, -0.15) is 0 Å². The van der Waals surface area contributed by atoms with E-state index in [0.717, 1.165) is 12.0 Å². The van der Waals surface area contributed by atoms with E-state index in [1.165, 1.54) is 18.2 Å². The molecule has 1 heterocycles. The molecular weight excluding hydrogens is 331 g/mol. The molecule has 4 nitrogen and oxygen atoms in total. The molecule has 2 amide bonds. The van der Waals surface area contributed by atoms with Gasteiger partial charge in [0, 0.05) is 18.7 Å². The van der Waals surface area contributed by atoms with Crippen LogP contribution in [0.1, 0.15) is 46.1 Å². The van der Waals surface area contributed by atoms with Crippen molar-refractivity contribution >= 4 is 17.9 Å². The van der Waals surface area contributed by atoms with Gasteiger partial charge in [0.2, 0.25) is 11.8 Å². The van der Waals surface area contributed by atoms with Crippen LogP contribution in [0.2, 0.25) is 0 Å². The molecular formula is C21H29FN2O2. The molecule has 5 heteroatoms. The summed E-state index contributed by atoms with van der Waals surface area (Å²) in [5.41, 5.74) is 0.750. The first-order chi connectivity index (χ1) is 12.3. The van der Waals surface area contributed by atoms with Crippen LogP contribution in [-0.4, -0.2) is 35.3 Å². The quantitative estimate of drug-likeness (QED) is 0.788. The molecule has 0 spiro atoms. The van der Waals surface area contributed by atoms with E-state index in [-0.39, 0.29) is 23.7 Å². The molecule has 0 bridgehead atoms. The van der Waals surface area contributed by atoms with Crippen LogP contribution in [-0.2, 0) is 9.59 Å². The fraction of sp³-hybridized carbons (Fsp3) is 0.524. The van der Waals surface area contributed by atoms with Gasteiger partial charge in [-0.05, 0) is 48.4 Å². The number of carbonyl (C=O) groups is 2. The molecule has 142 valence electrons. The minimum absolute atomic E-state index is 0.0194. The Kier molecular flexibility index (Phi) is 6.95. The Morgan fingerprint density at radius 2 is 1.81 bits per heavy atom. The zero-order valence-corrected chi connectivity index (χ0v) is 16.0. The summed E-state index contributed by atoms with van der Waals surface area (Å²) in [6.45, 7) is 8.82.